The molecule has 4 rings (SSSR count). The number of nitrogens with one attached hydrogen (secondary N) is 1. The lowest BCUT2D eigenvalue weighted by Crippen LogP contribution is -2.41. The van der Waals surface area contributed by atoms with E-state index in [-0.39, 0.29) is 17.8 Å². The van der Waals surface area contributed by atoms with Crippen molar-refractivity contribution in [3.63, 3.8) is 0 Å². The van der Waals surface area contributed by atoms with E-state index in [1.54, 1.807) is 0 Å². The van der Waals surface area contributed by atoms with Crippen LogP contribution in [-0.4, -0.2) is 40.9 Å². The third kappa shape index (κ3) is 3.72. The van der Waals surface area contributed by atoms with Crippen LogP contribution >= 0.6 is 11.8 Å². The van der Waals surface area contributed by atoms with Crippen molar-refractivity contribution in [2.75, 3.05) is 18.9 Å². The van der Waals surface area contributed by atoms with Crippen LogP contribution in [0.4, 0.5) is 0 Å². The highest BCUT2D eigenvalue weighted by molar-refractivity contribution is 8.00. The van der Waals surface area contributed by atoms with Gasteiger partial charge < -0.3 is 14.8 Å². The molecule has 1 aromatic heterocycles. The normalized spacial score (nSPS) is 15.6. The molecule has 1 atom stereocenters. The van der Waals surface area contributed by atoms with Crippen LogP contribution in [0.5, 0.6) is 11.5 Å². The zero-order chi connectivity index (χ0) is 17.8. The Balaban J connectivity index is 1.30. The number of ether oxygens (including phenoxy) is 2. The van der Waals surface area contributed by atoms with Crippen LogP contribution in [0.3, 0.4) is 0 Å². The lowest BCUT2D eigenvalue weighted by atomic mass is 10.2. The molecule has 0 radical (unpaired) electrons. The number of para-hydroxylation sites is 3. The summed E-state index contributed by atoms with van der Waals surface area (Å²) in [4.78, 5) is 20.7. The molecule has 0 bridgehead atoms. The van der Waals surface area contributed by atoms with E-state index in [0.717, 1.165) is 21.7 Å². The number of nitrogens with zero attached hydrogens (tertiary/aromatic N) is 2. The van der Waals surface area contributed by atoms with Gasteiger partial charge >= 0.3 is 0 Å². The SMILES string of the molecule is O=C(CSc1ncnc2ccccc12)NCC1COc2ccccc2O1. The van der Waals surface area contributed by atoms with Crippen LogP contribution in [0.25, 0.3) is 10.9 Å². The fourth-order valence-corrected chi connectivity index (χ4v) is 3.49. The van der Waals surface area contributed by atoms with Crippen molar-refractivity contribution < 1.29 is 14.3 Å². The van der Waals surface area contributed by atoms with Gasteiger partial charge in [0.2, 0.25) is 5.91 Å². The Labute approximate surface area is 154 Å². The van der Waals surface area contributed by atoms with Gasteiger partial charge in [0.15, 0.2) is 11.5 Å². The zero-order valence-corrected chi connectivity index (χ0v) is 14.7. The smallest absolute Gasteiger partial charge is 0.230 e. The maximum absolute atomic E-state index is 12.2. The number of aromatic nitrogens is 2. The first-order valence-corrected chi connectivity index (χ1v) is 9.26. The average molecular weight is 367 g/mol. The first-order chi connectivity index (χ1) is 12.8. The highest BCUT2D eigenvalue weighted by Gasteiger charge is 2.21. The lowest BCUT2D eigenvalue weighted by molar-refractivity contribution is -0.119. The maximum Gasteiger partial charge on any atom is 0.230 e. The molecule has 1 aliphatic heterocycles. The summed E-state index contributed by atoms with van der Waals surface area (Å²) in [5.74, 6) is 1.66. The minimum absolute atomic E-state index is 0.0693. The number of carbonyl (C=O) groups is 1. The molecule has 0 saturated carbocycles. The first-order valence-electron chi connectivity index (χ1n) is 8.27. The van der Waals surface area contributed by atoms with Gasteiger partial charge in [0.1, 0.15) is 24.1 Å². The molecule has 7 heteroatoms. The summed E-state index contributed by atoms with van der Waals surface area (Å²) in [5.41, 5.74) is 0.872. The van der Waals surface area contributed by atoms with Gasteiger partial charge in [-0.1, -0.05) is 42.1 Å². The fraction of sp³-hybridized carbons (Fsp3) is 0.211. The number of carbonyl (C=O) groups excluding carboxylic acids is 1. The second-order valence-corrected chi connectivity index (χ2v) is 6.75. The van der Waals surface area contributed by atoms with E-state index in [1.165, 1.54) is 18.1 Å². The Hall–Kier alpha value is -2.80. The monoisotopic (exact) mass is 367 g/mol. The van der Waals surface area contributed by atoms with E-state index in [1.807, 2.05) is 48.5 Å². The number of benzene rings is 2. The predicted molar refractivity (Wildman–Crippen MR) is 99.6 cm³/mol. The maximum atomic E-state index is 12.2. The summed E-state index contributed by atoms with van der Waals surface area (Å²) in [6.45, 7) is 0.819. The van der Waals surface area contributed by atoms with Gasteiger partial charge in [-0.25, -0.2) is 9.97 Å². The van der Waals surface area contributed by atoms with Crippen LogP contribution in [0.2, 0.25) is 0 Å². The topological polar surface area (TPSA) is 73.3 Å². The van der Waals surface area contributed by atoms with Crippen LogP contribution < -0.4 is 14.8 Å². The van der Waals surface area contributed by atoms with Crippen molar-refractivity contribution in [2.24, 2.45) is 0 Å². The third-order valence-electron chi connectivity index (χ3n) is 3.94. The number of hydrogen-bond acceptors (Lipinski definition) is 6. The molecule has 2 heterocycles. The predicted octanol–water partition coefficient (Wildman–Crippen LogP) is 2.68. The lowest BCUT2D eigenvalue weighted by Gasteiger charge is -2.26. The molecule has 3 aromatic rings. The molecule has 0 fully saturated rings. The fourth-order valence-electron chi connectivity index (χ4n) is 2.67. The van der Waals surface area contributed by atoms with E-state index in [0.29, 0.717) is 18.9 Å². The Morgan fingerprint density at radius 2 is 1.92 bits per heavy atom. The van der Waals surface area contributed by atoms with E-state index >= 15 is 0 Å². The third-order valence-corrected chi connectivity index (χ3v) is 4.95. The van der Waals surface area contributed by atoms with Crippen molar-refractivity contribution in [3.05, 3.63) is 54.9 Å². The molecule has 1 aliphatic rings. The molecule has 26 heavy (non-hydrogen) atoms. The van der Waals surface area contributed by atoms with E-state index in [9.17, 15) is 4.79 Å². The van der Waals surface area contributed by atoms with Crippen molar-refractivity contribution in [1.82, 2.24) is 15.3 Å². The highest BCUT2D eigenvalue weighted by atomic mass is 32.2. The molecule has 2 aromatic carbocycles. The molecule has 1 N–H and O–H groups in total. The summed E-state index contributed by atoms with van der Waals surface area (Å²) in [5, 5.41) is 4.65. The van der Waals surface area contributed by atoms with E-state index in [2.05, 4.69) is 15.3 Å². The second-order valence-electron chi connectivity index (χ2n) is 5.79. The quantitative estimate of drug-likeness (QED) is 0.552. The molecule has 1 unspecified atom stereocenters. The Bertz CT molecular complexity index is 929. The van der Waals surface area contributed by atoms with Gasteiger partial charge in [0.25, 0.3) is 0 Å². The first kappa shape index (κ1) is 16.7. The van der Waals surface area contributed by atoms with Gasteiger partial charge in [-0.2, -0.15) is 0 Å². The minimum atomic E-state index is -0.196. The van der Waals surface area contributed by atoms with Gasteiger partial charge in [-0.3, -0.25) is 4.79 Å². The van der Waals surface area contributed by atoms with Crippen molar-refractivity contribution in [1.29, 1.82) is 0 Å². The van der Waals surface area contributed by atoms with E-state index < -0.39 is 0 Å². The van der Waals surface area contributed by atoms with Gasteiger partial charge in [-0.05, 0) is 18.2 Å². The van der Waals surface area contributed by atoms with Crippen LogP contribution in [-0.2, 0) is 4.79 Å². The number of thioether (sulfide) groups is 1. The summed E-state index contributed by atoms with van der Waals surface area (Å²) in [7, 11) is 0. The zero-order valence-electron chi connectivity index (χ0n) is 13.9. The number of rotatable bonds is 5. The van der Waals surface area contributed by atoms with Crippen molar-refractivity contribution in [2.45, 2.75) is 11.1 Å². The van der Waals surface area contributed by atoms with Gasteiger partial charge in [0, 0.05) is 5.39 Å². The van der Waals surface area contributed by atoms with Crippen LogP contribution in [0, 0.1) is 0 Å². The van der Waals surface area contributed by atoms with Crippen molar-refractivity contribution >= 4 is 28.6 Å². The van der Waals surface area contributed by atoms with Gasteiger partial charge in [0.05, 0.1) is 17.8 Å². The molecule has 6 nitrogen and oxygen atoms in total. The molecule has 1 amide bonds. The van der Waals surface area contributed by atoms with Gasteiger partial charge in [-0.15, -0.1) is 0 Å². The molecular formula is C19H17N3O3S. The molecular weight excluding hydrogens is 350 g/mol. The molecule has 132 valence electrons. The Morgan fingerprint density at radius 1 is 1.12 bits per heavy atom. The standard InChI is InChI=1S/C19H17N3O3S/c23-18(11-26-19-14-5-1-2-6-15(14)21-12-22-19)20-9-13-10-24-16-7-3-4-8-17(16)25-13/h1-8,12-13H,9-11H2,(H,20,23). The molecule has 0 saturated heterocycles. The van der Waals surface area contributed by atoms with Crippen LogP contribution in [0.1, 0.15) is 0 Å². The Morgan fingerprint density at radius 3 is 2.85 bits per heavy atom. The van der Waals surface area contributed by atoms with Crippen LogP contribution in [0.15, 0.2) is 59.9 Å². The summed E-state index contributed by atoms with van der Waals surface area (Å²) in [6.07, 6.45) is 1.33. The number of hydrogen-bond donors (Lipinski definition) is 1. The summed E-state index contributed by atoms with van der Waals surface area (Å²) in [6, 6.07) is 15.3. The highest BCUT2D eigenvalue weighted by Crippen LogP contribution is 2.30. The van der Waals surface area contributed by atoms with E-state index in [4.69, 9.17) is 9.47 Å². The molecule has 0 aliphatic carbocycles. The largest absolute Gasteiger partial charge is 0.486 e. The average Bonchev–Trinajstić information content (AvgIpc) is 2.70. The number of amides is 1. The molecule has 0 spiro atoms. The Kier molecular flexibility index (Phi) is 4.88. The second kappa shape index (κ2) is 7.61. The van der Waals surface area contributed by atoms with Crippen molar-refractivity contribution in [3.8, 4) is 11.5 Å². The summed E-state index contributed by atoms with van der Waals surface area (Å²) < 4.78 is 11.5. The number of fused-ring (bicyclic) bond motifs is 2. The minimum Gasteiger partial charge on any atom is -0.486 e. The summed E-state index contributed by atoms with van der Waals surface area (Å²) >= 11 is 1.40.